The maximum Gasteiger partial charge on any atom is 0.253 e. The molecule has 0 aliphatic rings. The second-order valence-electron chi connectivity index (χ2n) is 3.00. The van der Waals surface area contributed by atoms with Gasteiger partial charge in [-0.2, -0.15) is 4.98 Å². The van der Waals surface area contributed by atoms with Crippen LogP contribution in [0.15, 0.2) is 27.9 Å². The first-order valence-electron chi connectivity index (χ1n) is 4.61. The fourth-order valence-electron chi connectivity index (χ4n) is 1.15. The van der Waals surface area contributed by atoms with Gasteiger partial charge in [-0.25, -0.2) is 4.98 Å². The minimum Gasteiger partial charge on any atom is -0.339 e. The van der Waals surface area contributed by atoms with Gasteiger partial charge in [-0.05, 0) is 0 Å². The third-order valence-corrected chi connectivity index (χ3v) is 1.92. The quantitative estimate of drug-likeness (QED) is 0.719. The van der Waals surface area contributed by atoms with Crippen molar-refractivity contribution in [3.05, 3.63) is 40.7 Å². The molecule has 0 N–H and O–H groups in total. The predicted molar refractivity (Wildman–Crippen MR) is 51.3 cm³/mol. The molecule has 0 aliphatic heterocycles. The standard InChI is InChI=1S/C9H10N4O2/c1-2-8-11-7(12-15-8)5-13-6-10-4-3-9(13)14/h3-4,6H,2,5H2,1H3. The average Bonchev–Trinajstić information content (AvgIpc) is 2.69. The molecule has 0 aliphatic carbocycles. The fourth-order valence-corrected chi connectivity index (χ4v) is 1.15. The first-order chi connectivity index (χ1) is 7.29. The highest BCUT2D eigenvalue weighted by molar-refractivity contribution is 4.90. The van der Waals surface area contributed by atoms with Crippen molar-refractivity contribution in [3.63, 3.8) is 0 Å². The molecule has 0 bridgehead atoms. The molecule has 2 aromatic heterocycles. The van der Waals surface area contributed by atoms with E-state index in [1.54, 1.807) is 0 Å². The van der Waals surface area contributed by atoms with E-state index < -0.39 is 0 Å². The van der Waals surface area contributed by atoms with Crippen LogP contribution in [0.2, 0.25) is 0 Å². The first-order valence-corrected chi connectivity index (χ1v) is 4.61. The molecule has 0 fully saturated rings. The molecule has 0 amide bonds. The third-order valence-electron chi connectivity index (χ3n) is 1.92. The lowest BCUT2D eigenvalue weighted by Crippen LogP contribution is -2.19. The van der Waals surface area contributed by atoms with Crippen molar-refractivity contribution in [2.24, 2.45) is 0 Å². The number of aryl methyl sites for hydroxylation is 1. The number of rotatable bonds is 3. The molecule has 6 nitrogen and oxygen atoms in total. The normalized spacial score (nSPS) is 10.5. The molecule has 0 saturated carbocycles. The lowest BCUT2D eigenvalue weighted by molar-refractivity contribution is 0.375. The van der Waals surface area contributed by atoms with E-state index in [-0.39, 0.29) is 12.1 Å². The van der Waals surface area contributed by atoms with Gasteiger partial charge in [0.25, 0.3) is 5.56 Å². The van der Waals surface area contributed by atoms with Crippen LogP contribution < -0.4 is 5.56 Å². The summed E-state index contributed by atoms with van der Waals surface area (Å²) < 4.78 is 6.35. The summed E-state index contributed by atoms with van der Waals surface area (Å²) in [5.74, 6) is 1.06. The molecule has 2 aromatic rings. The third kappa shape index (κ3) is 2.09. The lowest BCUT2D eigenvalue weighted by Gasteiger charge is -1.98. The molecule has 2 rings (SSSR count). The van der Waals surface area contributed by atoms with Crippen LogP contribution in [-0.4, -0.2) is 19.7 Å². The van der Waals surface area contributed by atoms with Crippen LogP contribution in [0.4, 0.5) is 0 Å². The van der Waals surface area contributed by atoms with Crippen molar-refractivity contribution < 1.29 is 4.52 Å². The monoisotopic (exact) mass is 206 g/mol. The van der Waals surface area contributed by atoms with Crippen LogP contribution in [-0.2, 0) is 13.0 Å². The molecule has 0 saturated heterocycles. The predicted octanol–water partition coefficient (Wildman–Crippen LogP) is 0.237. The number of nitrogens with zero attached hydrogens (tertiary/aromatic N) is 4. The summed E-state index contributed by atoms with van der Waals surface area (Å²) >= 11 is 0. The van der Waals surface area contributed by atoms with Gasteiger partial charge < -0.3 is 4.52 Å². The summed E-state index contributed by atoms with van der Waals surface area (Å²) in [4.78, 5) is 19.3. The second kappa shape index (κ2) is 4.04. The van der Waals surface area contributed by atoms with E-state index in [0.717, 1.165) is 0 Å². The van der Waals surface area contributed by atoms with Gasteiger partial charge in [0.1, 0.15) is 0 Å². The average molecular weight is 206 g/mol. The van der Waals surface area contributed by atoms with Crippen LogP contribution in [0.3, 0.4) is 0 Å². The van der Waals surface area contributed by atoms with Gasteiger partial charge >= 0.3 is 0 Å². The van der Waals surface area contributed by atoms with Crippen LogP contribution in [0.5, 0.6) is 0 Å². The Balaban J connectivity index is 2.22. The molecule has 0 atom stereocenters. The summed E-state index contributed by atoms with van der Waals surface area (Å²) in [7, 11) is 0. The summed E-state index contributed by atoms with van der Waals surface area (Å²) in [6.45, 7) is 2.21. The molecular formula is C9H10N4O2. The molecule has 0 radical (unpaired) electrons. The van der Waals surface area contributed by atoms with Crippen LogP contribution in [0.1, 0.15) is 18.6 Å². The van der Waals surface area contributed by atoms with Gasteiger partial charge in [-0.3, -0.25) is 9.36 Å². The van der Waals surface area contributed by atoms with E-state index in [1.807, 2.05) is 6.92 Å². The summed E-state index contributed by atoms with van der Waals surface area (Å²) in [5, 5.41) is 3.75. The maximum absolute atomic E-state index is 11.3. The Morgan fingerprint density at radius 1 is 1.53 bits per heavy atom. The van der Waals surface area contributed by atoms with Gasteiger partial charge in [0.2, 0.25) is 5.89 Å². The molecule has 78 valence electrons. The van der Waals surface area contributed by atoms with Crippen LogP contribution in [0.25, 0.3) is 0 Å². The highest BCUT2D eigenvalue weighted by Crippen LogP contribution is 1.98. The SMILES string of the molecule is CCc1nc(Cn2cnccc2=O)no1. The van der Waals surface area contributed by atoms with E-state index >= 15 is 0 Å². The summed E-state index contributed by atoms with van der Waals surface area (Å²) in [6, 6.07) is 1.39. The van der Waals surface area contributed by atoms with Crippen molar-refractivity contribution in [2.75, 3.05) is 0 Å². The zero-order valence-electron chi connectivity index (χ0n) is 8.25. The van der Waals surface area contributed by atoms with Gasteiger partial charge in [0.05, 0.1) is 12.9 Å². The van der Waals surface area contributed by atoms with E-state index in [9.17, 15) is 4.79 Å². The minimum atomic E-state index is -0.132. The smallest absolute Gasteiger partial charge is 0.253 e. The first kappa shape index (κ1) is 9.57. The van der Waals surface area contributed by atoms with Gasteiger partial charge in [-0.1, -0.05) is 12.1 Å². The van der Waals surface area contributed by atoms with Gasteiger partial charge in [-0.15, -0.1) is 0 Å². The molecule has 2 heterocycles. The molecule has 0 aromatic carbocycles. The Kier molecular flexibility index (Phi) is 2.57. The highest BCUT2D eigenvalue weighted by atomic mass is 16.5. The van der Waals surface area contributed by atoms with Crippen LogP contribution in [0, 0.1) is 0 Å². The zero-order chi connectivity index (χ0) is 10.7. The Bertz CT molecular complexity index is 503. The molecule has 6 heteroatoms. The van der Waals surface area contributed by atoms with Crippen molar-refractivity contribution >= 4 is 0 Å². The molecular weight excluding hydrogens is 196 g/mol. The molecule has 0 spiro atoms. The van der Waals surface area contributed by atoms with Crippen molar-refractivity contribution in [2.45, 2.75) is 19.9 Å². The Labute approximate surface area is 85.6 Å². The zero-order valence-corrected chi connectivity index (χ0v) is 8.25. The Hall–Kier alpha value is -1.98. The Morgan fingerprint density at radius 3 is 3.07 bits per heavy atom. The number of hydrogen-bond donors (Lipinski definition) is 0. The Morgan fingerprint density at radius 2 is 2.40 bits per heavy atom. The largest absolute Gasteiger partial charge is 0.339 e. The number of hydrogen-bond acceptors (Lipinski definition) is 5. The van der Waals surface area contributed by atoms with E-state index in [0.29, 0.717) is 18.1 Å². The minimum absolute atomic E-state index is 0.132. The van der Waals surface area contributed by atoms with E-state index in [4.69, 9.17) is 4.52 Å². The van der Waals surface area contributed by atoms with Gasteiger partial charge in [0.15, 0.2) is 5.82 Å². The number of aromatic nitrogens is 4. The maximum atomic E-state index is 11.3. The van der Waals surface area contributed by atoms with E-state index in [2.05, 4.69) is 15.1 Å². The molecule has 15 heavy (non-hydrogen) atoms. The van der Waals surface area contributed by atoms with E-state index in [1.165, 1.54) is 23.2 Å². The topological polar surface area (TPSA) is 73.8 Å². The summed E-state index contributed by atoms with van der Waals surface area (Å²) in [5.41, 5.74) is -0.132. The van der Waals surface area contributed by atoms with Crippen molar-refractivity contribution in [1.29, 1.82) is 0 Å². The van der Waals surface area contributed by atoms with Crippen molar-refractivity contribution in [1.82, 2.24) is 19.7 Å². The lowest BCUT2D eigenvalue weighted by atomic mass is 10.5. The van der Waals surface area contributed by atoms with Crippen LogP contribution >= 0.6 is 0 Å². The second-order valence-corrected chi connectivity index (χ2v) is 3.00. The molecule has 0 unspecified atom stereocenters. The summed E-state index contributed by atoms with van der Waals surface area (Å²) in [6.07, 6.45) is 3.59. The van der Waals surface area contributed by atoms with Gasteiger partial charge in [0, 0.05) is 18.7 Å². The van der Waals surface area contributed by atoms with Crippen molar-refractivity contribution in [3.8, 4) is 0 Å². The highest BCUT2D eigenvalue weighted by Gasteiger charge is 2.05. The fraction of sp³-hybridized carbons (Fsp3) is 0.333.